The van der Waals surface area contributed by atoms with E-state index in [0.717, 1.165) is 6.42 Å². The number of hydrogen-bond donors (Lipinski definition) is 0. The molecule has 0 nitrogen and oxygen atoms in total. The van der Waals surface area contributed by atoms with Crippen molar-refractivity contribution < 1.29 is 31.1 Å². The minimum absolute atomic E-state index is 0. The molecule has 0 amide bonds. The topological polar surface area (TPSA) is 0 Å². The van der Waals surface area contributed by atoms with Crippen LogP contribution in [-0.2, 0) is 0 Å². The first-order valence-corrected chi connectivity index (χ1v) is 9.30. The van der Waals surface area contributed by atoms with Crippen LogP contribution in [0.1, 0.15) is 25.3 Å². The Bertz CT molecular complexity index is 267. The number of aryl methyl sites for hydroxylation is 1. The molecule has 0 N–H and O–H groups in total. The van der Waals surface area contributed by atoms with Gasteiger partial charge in [0.25, 0.3) is 0 Å². The van der Waals surface area contributed by atoms with Crippen molar-refractivity contribution in [3.05, 3.63) is 40.3 Å². The van der Waals surface area contributed by atoms with Gasteiger partial charge in [0, 0.05) is 0 Å². The summed E-state index contributed by atoms with van der Waals surface area (Å²) >= 11 is -0.495. The number of rotatable bonds is 2. The summed E-state index contributed by atoms with van der Waals surface area (Å²) in [5.41, 5.74) is 1.48. The Labute approximate surface area is 125 Å². The van der Waals surface area contributed by atoms with Gasteiger partial charge in [0.05, 0.1) is 0 Å². The predicted molar refractivity (Wildman–Crippen MR) is 72.7 cm³/mol. The van der Waals surface area contributed by atoms with Crippen LogP contribution in [0.15, 0.2) is 18.2 Å². The first-order chi connectivity index (χ1) is 6.79. The van der Waals surface area contributed by atoms with Crippen LogP contribution >= 0.6 is 19.8 Å². The van der Waals surface area contributed by atoms with Gasteiger partial charge in [-0.2, -0.15) is 6.42 Å². The summed E-state index contributed by atoms with van der Waals surface area (Å²) in [6.07, 6.45) is 2.28. The van der Waals surface area contributed by atoms with Gasteiger partial charge in [0.2, 0.25) is 0 Å². The Morgan fingerprint density at radius 1 is 1.47 bits per heavy atom. The zero-order chi connectivity index (χ0) is 10.4. The van der Waals surface area contributed by atoms with Gasteiger partial charge in [0.1, 0.15) is 0 Å². The van der Waals surface area contributed by atoms with Crippen molar-refractivity contribution in [3.63, 3.8) is 0 Å². The number of benzene rings is 1. The molecular formula is C13H19IU. The second-order valence-electron chi connectivity index (χ2n) is 3.36. The van der Waals surface area contributed by atoms with E-state index in [0.29, 0.717) is 0 Å². The largest absolute Gasteiger partial charge is 2.00 e. The molecule has 0 saturated carbocycles. The summed E-state index contributed by atoms with van der Waals surface area (Å²) in [5, 5.41) is 0. The fourth-order valence-electron chi connectivity index (χ4n) is 1.03. The van der Waals surface area contributed by atoms with E-state index >= 15 is 0 Å². The van der Waals surface area contributed by atoms with Gasteiger partial charge < -0.3 is 6.92 Å². The molecule has 0 radical (unpaired) electrons. The third kappa shape index (κ3) is 6.34. The Kier molecular flexibility index (Phi) is 9.68. The van der Waals surface area contributed by atoms with Crippen molar-refractivity contribution in [3.8, 4) is 0 Å². The molecule has 1 aliphatic rings. The van der Waals surface area contributed by atoms with Crippen LogP contribution in [-0.4, -0.2) is 8.86 Å². The fourth-order valence-corrected chi connectivity index (χ4v) is 5.81. The molecule has 0 aliphatic carbocycles. The maximum Gasteiger partial charge on any atom is 2.00 e. The normalized spacial score (nSPS) is 14.7. The van der Waals surface area contributed by atoms with Crippen molar-refractivity contribution in [1.29, 1.82) is 0 Å². The quantitative estimate of drug-likeness (QED) is 0.301. The summed E-state index contributed by atoms with van der Waals surface area (Å²) in [4.78, 5) is 0. The van der Waals surface area contributed by atoms with Crippen LogP contribution in [0.3, 0.4) is 0 Å². The van der Waals surface area contributed by atoms with E-state index in [1.54, 1.807) is 12.4 Å². The molecule has 2 rings (SSSR count). The third-order valence-electron chi connectivity index (χ3n) is 2.02. The molecule has 1 aromatic carbocycles. The van der Waals surface area contributed by atoms with Crippen LogP contribution in [0.25, 0.3) is 0 Å². The van der Waals surface area contributed by atoms with Gasteiger partial charge in [-0.1, -0.05) is 13.3 Å². The number of unbranched alkanes of at least 4 members (excludes halogenated alkanes) is 1. The van der Waals surface area contributed by atoms with Crippen LogP contribution in [0.2, 0.25) is 0 Å². The molecule has 0 unspecified atom stereocenters. The van der Waals surface area contributed by atoms with Gasteiger partial charge in [-0.15, -0.1) is 0 Å². The Morgan fingerprint density at radius 2 is 2.07 bits per heavy atom. The van der Waals surface area contributed by atoms with E-state index in [4.69, 9.17) is 0 Å². The summed E-state index contributed by atoms with van der Waals surface area (Å²) in [6, 6.07) is 9.55. The molecule has 1 saturated heterocycles. The average molecular weight is 540 g/mol. The molecule has 82 valence electrons. The van der Waals surface area contributed by atoms with Crippen molar-refractivity contribution in [2.45, 2.75) is 26.7 Å². The Balaban J connectivity index is 0.000000346. The Hall–Kier alpha value is 1.00. The van der Waals surface area contributed by atoms with Crippen LogP contribution in [0.5, 0.6) is 0 Å². The molecule has 15 heavy (non-hydrogen) atoms. The monoisotopic (exact) mass is 540 g/mol. The minimum Gasteiger partial charge on any atom is -0.343 e. The van der Waals surface area contributed by atoms with E-state index in [9.17, 15) is 0 Å². The van der Waals surface area contributed by atoms with E-state index in [-0.39, 0.29) is 31.1 Å². The number of alkyl halides is 2. The van der Waals surface area contributed by atoms with E-state index < -0.39 is 19.8 Å². The van der Waals surface area contributed by atoms with Crippen LogP contribution < -0.4 is 0 Å². The standard InChI is InChI=1S/C9H10I.C4H9.U/c1-8-4-2-3-5-9(8)10-6-7-10;1-3-4-2;/h3-5H,6-7H2,1H3;1,3-4H2,2H3;/q2*-1;+2. The van der Waals surface area contributed by atoms with E-state index in [1.807, 2.05) is 0 Å². The maximum absolute atomic E-state index is 3.60. The maximum atomic E-state index is 3.60. The van der Waals surface area contributed by atoms with Gasteiger partial charge in [0.15, 0.2) is 0 Å². The number of hydrogen-bond acceptors (Lipinski definition) is 0. The third-order valence-corrected chi connectivity index (χ3v) is 7.03. The minimum atomic E-state index is -0.495. The van der Waals surface area contributed by atoms with Gasteiger partial charge in [-0.25, -0.2) is 0 Å². The molecule has 2 heteroatoms. The second kappa shape index (κ2) is 9.08. The summed E-state index contributed by atoms with van der Waals surface area (Å²) in [5.74, 6) is 0. The number of halogens is 1. The van der Waals surface area contributed by atoms with Gasteiger partial charge >= 0.3 is 100 Å². The Morgan fingerprint density at radius 3 is 2.47 bits per heavy atom. The van der Waals surface area contributed by atoms with E-state index in [1.165, 1.54) is 12.0 Å². The molecule has 0 aromatic heterocycles. The van der Waals surface area contributed by atoms with Crippen molar-refractivity contribution >= 4 is 19.8 Å². The van der Waals surface area contributed by atoms with E-state index in [2.05, 4.69) is 45.0 Å². The predicted octanol–water partition coefficient (Wildman–Crippen LogP) is 4.11. The molecular weight excluding hydrogens is 521 g/mol. The first-order valence-electron chi connectivity index (χ1n) is 5.17. The SMILES string of the molecule is Cc1c[c-]ccc1I1CC1.[CH2-]CCC.[U+2]. The average Bonchev–Trinajstić information content (AvgIpc) is 3.03. The molecule has 0 bridgehead atoms. The molecule has 0 atom stereocenters. The van der Waals surface area contributed by atoms with Gasteiger partial charge in [-0.05, 0) is 0 Å². The van der Waals surface area contributed by atoms with Crippen molar-refractivity contribution in [2.24, 2.45) is 0 Å². The van der Waals surface area contributed by atoms with Crippen molar-refractivity contribution in [1.82, 2.24) is 0 Å². The van der Waals surface area contributed by atoms with Crippen LogP contribution in [0.4, 0.5) is 0 Å². The van der Waals surface area contributed by atoms with Crippen LogP contribution in [0, 0.1) is 54.6 Å². The second-order valence-corrected chi connectivity index (χ2v) is 9.29. The molecule has 1 heterocycles. The summed E-state index contributed by atoms with van der Waals surface area (Å²) in [7, 11) is 0. The van der Waals surface area contributed by atoms with Gasteiger partial charge in [-0.3, -0.25) is 0 Å². The fraction of sp³-hybridized carbons (Fsp3) is 0.462. The zero-order valence-electron chi connectivity index (χ0n) is 9.65. The smallest absolute Gasteiger partial charge is 0.343 e. The zero-order valence-corrected chi connectivity index (χ0v) is 16.0. The first kappa shape index (κ1) is 16.0. The van der Waals surface area contributed by atoms with Crippen molar-refractivity contribution in [2.75, 3.05) is 8.86 Å². The molecule has 1 aromatic rings. The molecule has 1 fully saturated rings. The summed E-state index contributed by atoms with van der Waals surface area (Å²) in [6.45, 7) is 7.93. The summed E-state index contributed by atoms with van der Waals surface area (Å²) < 4.78 is 4.80. The molecule has 0 spiro atoms. The molecule has 1 aliphatic heterocycles.